The van der Waals surface area contributed by atoms with Crippen molar-refractivity contribution in [3.05, 3.63) is 53.6 Å². The van der Waals surface area contributed by atoms with E-state index < -0.39 is 0 Å². The van der Waals surface area contributed by atoms with Crippen LogP contribution in [0.1, 0.15) is 11.1 Å². The molecule has 0 spiro atoms. The Kier molecular flexibility index (Phi) is 2.83. The standard InChI is InChI=1S/C19H23N2/c1-21(2)12-10-20(11-13-21)19-9-5-8-17-16-7-4-3-6-15(16)14-18(17)19/h3-9H,10-14H2,1-2H3/q+1. The van der Waals surface area contributed by atoms with Gasteiger partial charge < -0.3 is 9.38 Å². The molecule has 0 amide bonds. The van der Waals surface area contributed by atoms with Crippen LogP contribution in [-0.2, 0) is 6.42 Å². The number of hydrogen-bond acceptors (Lipinski definition) is 1. The highest BCUT2D eigenvalue weighted by atomic mass is 15.4. The van der Waals surface area contributed by atoms with E-state index in [4.69, 9.17) is 0 Å². The quantitative estimate of drug-likeness (QED) is 0.619. The lowest BCUT2D eigenvalue weighted by Crippen LogP contribution is -2.55. The second-order valence-corrected chi connectivity index (χ2v) is 7.01. The number of benzene rings is 2. The molecule has 2 aromatic rings. The first-order valence-electron chi connectivity index (χ1n) is 7.91. The topological polar surface area (TPSA) is 3.24 Å². The Morgan fingerprint density at radius 3 is 2.38 bits per heavy atom. The molecule has 2 aliphatic rings. The molecule has 0 radical (unpaired) electrons. The number of nitrogens with zero attached hydrogens (tertiary/aromatic N) is 2. The SMILES string of the molecule is C[N+]1(C)CCN(c2cccc3c2Cc2ccccc2-3)CC1. The van der Waals surface area contributed by atoms with Crippen molar-refractivity contribution in [1.82, 2.24) is 0 Å². The summed E-state index contributed by atoms with van der Waals surface area (Å²) in [6.07, 6.45) is 1.09. The van der Waals surface area contributed by atoms with Crippen molar-refractivity contribution in [2.75, 3.05) is 45.2 Å². The van der Waals surface area contributed by atoms with E-state index >= 15 is 0 Å². The fourth-order valence-corrected chi connectivity index (χ4v) is 3.68. The summed E-state index contributed by atoms with van der Waals surface area (Å²) < 4.78 is 1.14. The number of hydrogen-bond donors (Lipinski definition) is 0. The summed E-state index contributed by atoms with van der Waals surface area (Å²) in [5, 5.41) is 0. The molecule has 0 saturated carbocycles. The number of fused-ring (bicyclic) bond motifs is 3. The Hall–Kier alpha value is -1.80. The van der Waals surface area contributed by atoms with Gasteiger partial charge in [-0.1, -0.05) is 36.4 Å². The molecule has 0 atom stereocenters. The molecule has 1 saturated heterocycles. The summed E-state index contributed by atoms with van der Waals surface area (Å²) in [7, 11) is 4.67. The summed E-state index contributed by atoms with van der Waals surface area (Å²) in [4.78, 5) is 2.59. The van der Waals surface area contributed by atoms with Gasteiger partial charge in [0.25, 0.3) is 0 Å². The summed E-state index contributed by atoms with van der Waals surface area (Å²) >= 11 is 0. The van der Waals surface area contributed by atoms with Crippen LogP contribution < -0.4 is 4.90 Å². The molecule has 1 aliphatic heterocycles. The number of rotatable bonds is 1. The summed E-state index contributed by atoms with van der Waals surface area (Å²) in [6.45, 7) is 4.80. The first-order valence-corrected chi connectivity index (χ1v) is 7.91. The minimum Gasteiger partial charge on any atom is -0.360 e. The lowest BCUT2D eigenvalue weighted by atomic mass is 10.0. The molecule has 0 N–H and O–H groups in total. The van der Waals surface area contributed by atoms with Crippen molar-refractivity contribution < 1.29 is 4.48 Å². The maximum atomic E-state index is 2.59. The van der Waals surface area contributed by atoms with Crippen LogP contribution in [0.25, 0.3) is 11.1 Å². The second kappa shape index (κ2) is 4.60. The Morgan fingerprint density at radius 2 is 1.57 bits per heavy atom. The molecule has 1 heterocycles. The van der Waals surface area contributed by atoms with Gasteiger partial charge in [0.1, 0.15) is 0 Å². The molecule has 1 fully saturated rings. The van der Waals surface area contributed by atoms with E-state index in [1.807, 2.05) is 0 Å². The van der Waals surface area contributed by atoms with Crippen LogP contribution >= 0.6 is 0 Å². The van der Waals surface area contributed by atoms with Crippen LogP contribution in [-0.4, -0.2) is 44.8 Å². The smallest absolute Gasteiger partial charge is 0.0961 e. The van der Waals surface area contributed by atoms with Crippen molar-refractivity contribution in [2.24, 2.45) is 0 Å². The predicted octanol–water partition coefficient (Wildman–Crippen LogP) is 3.15. The van der Waals surface area contributed by atoms with Gasteiger partial charge in [-0.25, -0.2) is 0 Å². The lowest BCUT2D eigenvalue weighted by Gasteiger charge is -2.40. The average molecular weight is 279 g/mol. The number of likely N-dealkylation sites (N-methyl/N-ethyl adjacent to an activating group) is 1. The average Bonchev–Trinajstić information content (AvgIpc) is 2.86. The van der Waals surface area contributed by atoms with Gasteiger partial charge in [0.05, 0.1) is 40.3 Å². The monoisotopic (exact) mass is 279 g/mol. The Labute approximate surface area is 127 Å². The predicted molar refractivity (Wildman–Crippen MR) is 88.7 cm³/mol. The summed E-state index contributed by atoms with van der Waals surface area (Å²) in [6, 6.07) is 15.7. The Balaban J connectivity index is 1.71. The van der Waals surface area contributed by atoms with Gasteiger partial charge in [-0.3, -0.25) is 0 Å². The van der Waals surface area contributed by atoms with E-state index in [0.29, 0.717) is 0 Å². The second-order valence-electron chi connectivity index (χ2n) is 7.01. The van der Waals surface area contributed by atoms with Crippen molar-refractivity contribution in [2.45, 2.75) is 6.42 Å². The van der Waals surface area contributed by atoms with Crippen LogP contribution in [0, 0.1) is 0 Å². The lowest BCUT2D eigenvalue weighted by molar-refractivity contribution is -0.890. The largest absolute Gasteiger partial charge is 0.360 e. The minimum absolute atomic E-state index is 1.09. The highest BCUT2D eigenvalue weighted by Gasteiger charge is 2.28. The Morgan fingerprint density at radius 1 is 0.857 bits per heavy atom. The van der Waals surface area contributed by atoms with Gasteiger partial charge in [0.15, 0.2) is 0 Å². The molecule has 2 nitrogen and oxygen atoms in total. The van der Waals surface area contributed by atoms with Gasteiger partial charge in [-0.05, 0) is 28.3 Å². The highest BCUT2D eigenvalue weighted by molar-refractivity contribution is 5.82. The zero-order valence-corrected chi connectivity index (χ0v) is 13.0. The molecule has 4 rings (SSSR count). The van der Waals surface area contributed by atoms with Crippen LogP contribution in [0.4, 0.5) is 5.69 Å². The van der Waals surface area contributed by atoms with Crippen molar-refractivity contribution in [3.63, 3.8) is 0 Å². The van der Waals surface area contributed by atoms with Gasteiger partial charge >= 0.3 is 0 Å². The molecule has 1 aliphatic carbocycles. The van der Waals surface area contributed by atoms with Crippen LogP contribution in [0.15, 0.2) is 42.5 Å². The van der Waals surface area contributed by atoms with Gasteiger partial charge in [-0.2, -0.15) is 0 Å². The summed E-state index contributed by atoms with van der Waals surface area (Å²) in [5.74, 6) is 0. The third-order valence-electron chi connectivity index (χ3n) is 5.12. The number of quaternary nitrogens is 1. The first kappa shape index (κ1) is 12.9. The molecule has 0 aromatic heterocycles. The van der Waals surface area contributed by atoms with E-state index in [9.17, 15) is 0 Å². The van der Waals surface area contributed by atoms with Crippen molar-refractivity contribution in [1.29, 1.82) is 0 Å². The number of piperazine rings is 1. The molecule has 108 valence electrons. The maximum absolute atomic E-state index is 2.59. The molecule has 21 heavy (non-hydrogen) atoms. The normalized spacial score (nSPS) is 19.2. The first-order chi connectivity index (χ1) is 10.1. The molecule has 2 aromatic carbocycles. The molecule has 0 unspecified atom stereocenters. The maximum Gasteiger partial charge on any atom is 0.0961 e. The van der Waals surface area contributed by atoms with E-state index in [2.05, 4.69) is 61.5 Å². The van der Waals surface area contributed by atoms with Gasteiger partial charge in [0, 0.05) is 12.1 Å². The van der Waals surface area contributed by atoms with E-state index in [1.54, 1.807) is 0 Å². The third kappa shape index (κ3) is 2.14. The molecular weight excluding hydrogens is 256 g/mol. The number of anilines is 1. The van der Waals surface area contributed by atoms with Gasteiger partial charge in [-0.15, -0.1) is 0 Å². The van der Waals surface area contributed by atoms with Crippen molar-refractivity contribution in [3.8, 4) is 11.1 Å². The zero-order valence-electron chi connectivity index (χ0n) is 13.0. The van der Waals surface area contributed by atoms with Crippen molar-refractivity contribution >= 4 is 5.69 Å². The van der Waals surface area contributed by atoms with Crippen LogP contribution in [0.3, 0.4) is 0 Å². The molecular formula is C19H23N2+. The Bertz CT molecular complexity index is 678. The van der Waals surface area contributed by atoms with E-state index in [0.717, 1.165) is 10.9 Å². The molecule has 0 bridgehead atoms. The van der Waals surface area contributed by atoms with Crippen LogP contribution in [0.2, 0.25) is 0 Å². The van der Waals surface area contributed by atoms with Gasteiger partial charge in [0.2, 0.25) is 0 Å². The zero-order chi connectivity index (χ0) is 14.4. The summed E-state index contributed by atoms with van der Waals surface area (Å²) in [5.41, 5.74) is 7.35. The fraction of sp³-hybridized carbons (Fsp3) is 0.368. The van der Waals surface area contributed by atoms with E-state index in [1.165, 1.54) is 54.1 Å². The third-order valence-corrected chi connectivity index (χ3v) is 5.12. The highest BCUT2D eigenvalue weighted by Crippen LogP contribution is 2.41. The van der Waals surface area contributed by atoms with Crippen LogP contribution in [0.5, 0.6) is 0 Å². The fourth-order valence-electron chi connectivity index (χ4n) is 3.68. The van der Waals surface area contributed by atoms with E-state index in [-0.39, 0.29) is 0 Å². The minimum atomic E-state index is 1.09. The molecule has 2 heteroatoms.